The zero-order valence-corrected chi connectivity index (χ0v) is 7.39. The molecule has 2 aliphatic rings. The Morgan fingerprint density at radius 1 is 1.64 bits per heavy atom. The fraction of sp³-hybridized carbons (Fsp3) is 0.800. The SMILES string of the molecule is CC1=CCC(C2(C)CO2)CC1. The summed E-state index contributed by atoms with van der Waals surface area (Å²) in [4.78, 5) is 0. The van der Waals surface area contributed by atoms with E-state index in [2.05, 4.69) is 19.9 Å². The van der Waals surface area contributed by atoms with Crippen molar-refractivity contribution in [2.75, 3.05) is 6.61 Å². The molecule has 1 saturated heterocycles. The number of rotatable bonds is 1. The summed E-state index contributed by atoms with van der Waals surface area (Å²) in [6, 6.07) is 0. The molecule has 0 aromatic heterocycles. The van der Waals surface area contributed by atoms with Crippen LogP contribution >= 0.6 is 0 Å². The van der Waals surface area contributed by atoms with Crippen molar-refractivity contribution >= 4 is 0 Å². The number of hydrogen-bond donors (Lipinski definition) is 0. The van der Waals surface area contributed by atoms with Gasteiger partial charge in [0, 0.05) is 0 Å². The van der Waals surface area contributed by atoms with Gasteiger partial charge in [0.1, 0.15) is 0 Å². The van der Waals surface area contributed by atoms with Gasteiger partial charge in [-0.25, -0.2) is 0 Å². The lowest BCUT2D eigenvalue weighted by atomic mass is 9.82. The molecule has 1 heterocycles. The highest BCUT2D eigenvalue weighted by Gasteiger charge is 2.46. The first-order valence-electron chi connectivity index (χ1n) is 4.50. The second-order valence-electron chi connectivity index (χ2n) is 4.12. The van der Waals surface area contributed by atoms with Crippen LogP contribution in [-0.2, 0) is 4.74 Å². The minimum atomic E-state index is 0.261. The first-order valence-corrected chi connectivity index (χ1v) is 4.50. The predicted molar refractivity (Wildman–Crippen MR) is 45.5 cm³/mol. The lowest BCUT2D eigenvalue weighted by Gasteiger charge is -2.23. The van der Waals surface area contributed by atoms with Crippen molar-refractivity contribution in [3.05, 3.63) is 11.6 Å². The van der Waals surface area contributed by atoms with Gasteiger partial charge in [-0.15, -0.1) is 0 Å². The van der Waals surface area contributed by atoms with Crippen LogP contribution in [0.5, 0.6) is 0 Å². The highest BCUT2D eigenvalue weighted by atomic mass is 16.6. The van der Waals surface area contributed by atoms with Gasteiger partial charge in [-0.1, -0.05) is 11.6 Å². The molecule has 0 radical (unpaired) electrons. The molecule has 1 aliphatic heterocycles. The fourth-order valence-electron chi connectivity index (χ4n) is 1.87. The van der Waals surface area contributed by atoms with E-state index in [0.29, 0.717) is 0 Å². The molecule has 2 unspecified atom stereocenters. The molecule has 1 nitrogen and oxygen atoms in total. The zero-order valence-electron chi connectivity index (χ0n) is 7.39. The van der Waals surface area contributed by atoms with Gasteiger partial charge in [0.2, 0.25) is 0 Å². The minimum absolute atomic E-state index is 0.261. The molecule has 1 heteroatoms. The highest BCUT2D eigenvalue weighted by molar-refractivity contribution is 5.08. The van der Waals surface area contributed by atoms with E-state index in [4.69, 9.17) is 4.74 Å². The Hall–Kier alpha value is -0.300. The van der Waals surface area contributed by atoms with Gasteiger partial charge in [0.15, 0.2) is 0 Å². The molecular formula is C10H16O. The van der Waals surface area contributed by atoms with Crippen molar-refractivity contribution in [1.82, 2.24) is 0 Å². The maximum atomic E-state index is 5.44. The molecule has 62 valence electrons. The topological polar surface area (TPSA) is 12.5 Å². The highest BCUT2D eigenvalue weighted by Crippen LogP contribution is 2.42. The van der Waals surface area contributed by atoms with Crippen LogP contribution in [0.4, 0.5) is 0 Å². The Labute approximate surface area is 68.4 Å². The molecule has 0 bridgehead atoms. The van der Waals surface area contributed by atoms with Crippen LogP contribution in [0, 0.1) is 5.92 Å². The molecule has 2 rings (SSSR count). The minimum Gasteiger partial charge on any atom is -0.370 e. The largest absolute Gasteiger partial charge is 0.370 e. The lowest BCUT2D eigenvalue weighted by molar-refractivity contribution is 0.221. The average Bonchev–Trinajstić information content (AvgIpc) is 2.70. The monoisotopic (exact) mass is 152 g/mol. The second-order valence-corrected chi connectivity index (χ2v) is 4.12. The number of epoxide rings is 1. The average molecular weight is 152 g/mol. The fourth-order valence-corrected chi connectivity index (χ4v) is 1.87. The quantitative estimate of drug-likeness (QED) is 0.415. The summed E-state index contributed by atoms with van der Waals surface area (Å²) in [5, 5.41) is 0. The Balaban J connectivity index is 1.98. The molecule has 0 N–H and O–H groups in total. The van der Waals surface area contributed by atoms with Gasteiger partial charge < -0.3 is 4.74 Å². The lowest BCUT2D eigenvalue weighted by Crippen LogP contribution is -2.22. The van der Waals surface area contributed by atoms with Crippen LogP contribution in [0.2, 0.25) is 0 Å². The van der Waals surface area contributed by atoms with Crippen LogP contribution in [0.1, 0.15) is 33.1 Å². The Bertz CT molecular complexity index is 189. The van der Waals surface area contributed by atoms with E-state index in [1.807, 2.05) is 0 Å². The summed E-state index contributed by atoms with van der Waals surface area (Å²) in [5.74, 6) is 0.797. The van der Waals surface area contributed by atoms with Crippen molar-refractivity contribution in [2.24, 2.45) is 5.92 Å². The molecule has 0 spiro atoms. The maximum Gasteiger partial charge on any atom is 0.0919 e. The van der Waals surface area contributed by atoms with Crippen LogP contribution in [0.3, 0.4) is 0 Å². The number of ether oxygens (including phenoxy) is 1. The summed E-state index contributed by atoms with van der Waals surface area (Å²) in [6.45, 7) is 5.46. The van der Waals surface area contributed by atoms with Crippen molar-refractivity contribution in [2.45, 2.75) is 38.7 Å². The summed E-state index contributed by atoms with van der Waals surface area (Å²) in [5.41, 5.74) is 1.82. The van der Waals surface area contributed by atoms with Crippen molar-refractivity contribution in [3.8, 4) is 0 Å². The van der Waals surface area contributed by atoms with Gasteiger partial charge in [-0.05, 0) is 39.0 Å². The van der Waals surface area contributed by atoms with E-state index in [1.165, 1.54) is 19.3 Å². The van der Waals surface area contributed by atoms with E-state index in [9.17, 15) is 0 Å². The van der Waals surface area contributed by atoms with Crippen LogP contribution in [0.25, 0.3) is 0 Å². The molecular weight excluding hydrogens is 136 g/mol. The second kappa shape index (κ2) is 2.34. The predicted octanol–water partition coefficient (Wildman–Crippen LogP) is 2.52. The third kappa shape index (κ3) is 1.34. The first kappa shape index (κ1) is 7.35. The van der Waals surface area contributed by atoms with Gasteiger partial charge in [-0.3, -0.25) is 0 Å². The van der Waals surface area contributed by atoms with Gasteiger partial charge in [0.05, 0.1) is 12.2 Å². The molecule has 1 aliphatic carbocycles. The summed E-state index contributed by atoms with van der Waals surface area (Å²) in [6.07, 6.45) is 6.23. The summed E-state index contributed by atoms with van der Waals surface area (Å²) < 4.78 is 5.44. The van der Waals surface area contributed by atoms with E-state index >= 15 is 0 Å². The molecule has 11 heavy (non-hydrogen) atoms. The molecule has 0 saturated carbocycles. The Kier molecular flexibility index (Phi) is 1.57. The van der Waals surface area contributed by atoms with Crippen molar-refractivity contribution in [3.63, 3.8) is 0 Å². The first-order chi connectivity index (χ1) is 5.21. The van der Waals surface area contributed by atoms with Crippen LogP contribution < -0.4 is 0 Å². The number of hydrogen-bond acceptors (Lipinski definition) is 1. The smallest absolute Gasteiger partial charge is 0.0919 e. The number of allylic oxidation sites excluding steroid dienone is 2. The van der Waals surface area contributed by atoms with E-state index in [1.54, 1.807) is 5.57 Å². The molecule has 1 fully saturated rings. The Morgan fingerprint density at radius 3 is 2.82 bits per heavy atom. The van der Waals surface area contributed by atoms with Gasteiger partial charge in [-0.2, -0.15) is 0 Å². The molecule has 0 aromatic carbocycles. The summed E-state index contributed by atoms with van der Waals surface area (Å²) in [7, 11) is 0. The Morgan fingerprint density at radius 2 is 2.36 bits per heavy atom. The summed E-state index contributed by atoms with van der Waals surface area (Å²) >= 11 is 0. The third-order valence-corrected chi connectivity index (χ3v) is 3.10. The van der Waals surface area contributed by atoms with E-state index in [-0.39, 0.29) is 5.60 Å². The van der Waals surface area contributed by atoms with E-state index < -0.39 is 0 Å². The standard InChI is InChI=1S/C10H16O/c1-8-3-5-9(6-4-8)10(2)7-11-10/h3,9H,4-7H2,1-2H3. The molecule has 2 atom stereocenters. The van der Waals surface area contributed by atoms with Crippen molar-refractivity contribution in [1.29, 1.82) is 0 Å². The zero-order chi connectivity index (χ0) is 7.90. The third-order valence-electron chi connectivity index (χ3n) is 3.10. The molecule has 0 amide bonds. The van der Waals surface area contributed by atoms with Crippen LogP contribution in [0.15, 0.2) is 11.6 Å². The van der Waals surface area contributed by atoms with Gasteiger partial charge >= 0.3 is 0 Å². The normalized spacial score (nSPS) is 43.5. The van der Waals surface area contributed by atoms with Gasteiger partial charge in [0.25, 0.3) is 0 Å². The molecule has 0 aromatic rings. The van der Waals surface area contributed by atoms with Crippen molar-refractivity contribution < 1.29 is 4.74 Å². The maximum absolute atomic E-state index is 5.44. The van der Waals surface area contributed by atoms with E-state index in [0.717, 1.165) is 12.5 Å². The van der Waals surface area contributed by atoms with Crippen LogP contribution in [-0.4, -0.2) is 12.2 Å².